The number of rotatable bonds is 6. The van der Waals surface area contributed by atoms with E-state index >= 15 is 0 Å². The van der Waals surface area contributed by atoms with Crippen molar-refractivity contribution in [3.8, 4) is 11.5 Å². The second-order valence-corrected chi connectivity index (χ2v) is 12.1. The van der Waals surface area contributed by atoms with E-state index in [1.807, 2.05) is 24.3 Å². The molecule has 0 aliphatic carbocycles. The van der Waals surface area contributed by atoms with E-state index in [4.69, 9.17) is 31.4 Å². The third-order valence-electron chi connectivity index (χ3n) is 7.82. The second kappa shape index (κ2) is 12.2. The first-order chi connectivity index (χ1) is 20.0. The van der Waals surface area contributed by atoms with Crippen molar-refractivity contribution in [3.63, 3.8) is 0 Å². The number of thiocarbonyl (C=S) groups is 1. The van der Waals surface area contributed by atoms with Gasteiger partial charge in [0.05, 0.1) is 23.1 Å². The highest BCUT2D eigenvalue weighted by molar-refractivity contribution is 8.26. The van der Waals surface area contributed by atoms with E-state index in [0.717, 1.165) is 49.5 Å². The van der Waals surface area contributed by atoms with Gasteiger partial charge >= 0.3 is 0 Å². The van der Waals surface area contributed by atoms with Gasteiger partial charge in [-0.3, -0.25) is 23.8 Å². The predicted octanol–water partition coefficient (Wildman–Crippen LogP) is 3.55. The van der Waals surface area contributed by atoms with E-state index in [0.29, 0.717) is 52.5 Å². The van der Waals surface area contributed by atoms with Crippen LogP contribution in [0.1, 0.15) is 24.0 Å². The molecule has 3 saturated heterocycles. The third-order valence-corrected chi connectivity index (χ3v) is 9.20. The molecule has 0 saturated carbocycles. The summed E-state index contributed by atoms with van der Waals surface area (Å²) < 4.78 is 18.7. The zero-order chi connectivity index (χ0) is 27.9. The number of thioether (sulfide) groups is 1. The lowest BCUT2D eigenvalue weighted by Crippen LogP contribution is -2.47. The van der Waals surface area contributed by atoms with E-state index in [1.54, 1.807) is 23.2 Å². The number of ether oxygens (including phenoxy) is 3. The fourth-order valence-corrected chi connectivity index (χ4v) is 6.91. The number of carbonyl (C=O) groups is 1. The number of carbonyl (C=O) groups excluding carboxylic acids is 1. The molecule has 1 unspecified atom stereocenters. The smallest absolute Gasteiger partial charge is 0.267 e. The van der Waals surface area contributed by atoms with Crippen molar-refractivity contribution in [2.45, 2.75) is 25.5 Å². The van der Waals surface area contributed by atoms with Crippen LogP contribution >= 0.6 is 36.4 Å². The van der Waals surface area contributed by atoms with Crippen molar-refractivity contribution in [1.82, 2.24) is 19.2 Å². The highest BCUT2D eigenvalue weighted by atomic mass is 35.5. The molecule has 1 aromatic carbocycles. The predicted molar refractivity (Wildman–Crippen MR) is 168 cm³/mol. The molecule has 0 bridgehead atoms. The fourth-order valence-electron chi connectivity index (χ4n) is 5.65. The number of pyridine rings is 1. The molecular weight excluding hydrogens is 598 g/mol. The molecule has 220 valence electrons. The maximum atomic E-state index is 13.8. The molecular formula is C29H30ClN5O5S2. The van der Waals surface area contributed by atoms with Crippen molar-refractivity contribution in [2.75, 3.05) is 51.0 Å². The van der Waals surface area contributed by atoms with Gasteiger partial charge in [-0.1, -0.05) is 36.1 Å². The molecule has 13 heteroatoms. The number of benzene rings is 1. The minimum atomic E-state index is -0.210. The maximum Gasteiger partial charge on any atom is 0.267 e. The number of halogens is 1. The Morgan fingerprint density at radius 3 is 2.71 bits per heavy atom. The van der Waals surface area contributed by atoms with E-state index < -0.39 is 0 Å². The lowest BCUT2D eigenvalue weighted by molar-refractivity contribution is -0.123. The number of hydrogen-bond donors (Lipinski definition) is 0. The van der Waals surface area contributed by atoms with Crippen LogP contribution in [0.15, 0.2) is 52.3 Å². The first-order valence-corrected chi connectivity index (χ1v) is 15.0. The molecule has 7 rings (SSSR count). The Morgan fingerprint density at radius 1 is 1.07 bits per heavy atom. The monoisotopic (exact) mass is 627 g/mol. The molecule has 3 aromatic rings. The second-order valence-electron chi connectivity index (χ2n) is 10.5. The van der Waals surface area contributed by atoms with Crippen LogP contribution in [0.25, 0.3) is 11.7 Å². The molecule has 6 heterocycles. The van der Waals surface area contributed by atoms with Crippen molar-refractivity contribution in [2.24, 2.45) is 0 Å². The molecule has 3 fully saturated rings. The summed E-state index contributed by atoms with van der Waals surface area (Å²) in [6.07, 6.45) is 5.28. The normalized spacial score (nSPS) is 21.5. The summed E-state index contributed by atoms with van der Waals surface area (Å²) >= 11 is 6.78. The summed E-state index contributed by atoms with van der Waals surface area (Å²) in [5.41, 5.74) is 1.92. The lowest BCUT2D eigenvalue weighted by atomic mass is 10.1. The molecule has 42 heavy (non-hydrogen) atoms. The summed E-state index contributed by atoms with van der Waals surface area (Å²) in [4.78, 5) is 38.6. The standard InChI is InChI=1S/C29H29N5O5S2.ClH/c35-27-21(15-24-28(36)34(29(40)41-24)17-20-4-3-13-37-20)26(30-25-5-1-2-8-33(25)27)32-11-9-31(10-12-32)16-19-6-7-22-23(14-19)39-18-38-22;/h1-2,5-8,14-15,20H,3-4,9-13,16-18H2;1H. The van der Waals surface area contributed by atoms with Crippen molar-refractivity contribution >= 4 is 64.2 Å². The topological polar surface area (TPSA) is 88.8 Å². The fraction of sp³-hybridized carbons (Fsp3) is 0.379. The van der Waals surface area contributed by atoms with Crippen LogP contribution in [0.3, 0.4) is 0 Å². The van der Waals surface area contributed by atoms with Crippen LogP contribution in [0.4, 0.5) is 5.82 Å². The highest BCUT2D eigenvalue weighted by Gasteiger charge is 2.35. The Morgan fingerprint density at radius 2 is 1.90 bits per heavy atom. The first-order valence-electron chi connectivity index (χ1n) is 13.8. The molecule has 10 nitrogen and oxygen atoms in total. The van der Waals surface area contributed by atoms with E-state index in [9.17, 15) is 9.59 Å². The zero-order valence-corrected chi connectivity index (χ0v) is 25.2. The molecule has 2 aromatic heterocycles. The third kappa shape index (κ3) is 5.61. The van der Waals surface area contributed by atoms with Gasteiger partial charge < -0.3 is 19.1 Å². The Labute approximate surface area is 258 Å². The van der Waals surface area contributed by atoms with E-state index in [1.165, 1.54) is 16.2 Å². The van der Waals surface area contributed by atoms with Crippen molar-refractivity contribution in [1.29, 1.82) is 0 Å². The summed E-state index contributed by atoms with van der Waals surface area (Å²) in [7, 11) is 0. The SMILES string of the molecule is Cl.O=C1C(=Cc2c(N3CCN(Cc4ccc5c(c4)OCO5)CC3)nc3ccccn3c2=O)SC(=S)N1CC1CCCO1. The summed E-state index contributed by atoms with van der Waals surface area (Å²) in [6.45, 7) is 5.19. The molecule has 0 spiro atoms. The summed E-state index contributed by atoms with van der Waals surface area (Å²) in [5, 5.41) is 0. The number of aromatic nitrogens is 2. The zero-order valence-electron chi connectivity index (χ0n) is 22.8. The Kier molecular flexibility index (Phi) is 8.42. The quantitative estimate of drug-likeness (QED) is 0.299. The first kappa shape index (κ1) is 28.9. The van der Waals surface area contributed by atoms with Crippen LogP contribution in [0.2, 0.25) is 0 Å². The van der Waals surface area contributed by atoms with Gasteiger partial charge in [0.1, 0.15) is 15.8 Å². The number of anilines is 1. The molecule has 0 N–H and O–H groups in total. The summed E-state index contributed by atoms with van der Waals surface area (Å²) in [5.74, 6) is 1.97. The highest BCUT2D eigenvalue weighted by Crippen LogP contribution is 2.35. The van der Waals surface area contributed by atoms with Crippen molar-refractivity contribution in [3.05, 3.63) is 69.0 Å². The largest absolute Gasteiger partial charge is 0.454 e. The van der Waals surface area contributed by atoms with Gasteiger partial charge in [-0.25, -0.2) is 4.98 Å². The van der Waals surface area contributed by atoms with Gasteiger partial charge in [-0.05, 0) is 48.7 Å². The van der Waals surface area contributed by atoms with Gasteiger partial charge in [0.15, 0.2) is 11.5 Å². The maximum absolute atomic E-state index is 13.8. The van der Waals surface area contributed by atoms with Crippen LogP contribution in [0.5, 0.6) is 11.5 Å². The van der Waals surface area contributed by atoms with Crippen LogP contribution in [-0.4, -0.2) is 81.6 Å². The molecule has 4 aliphatic heterocycles. The minimum absolute atomic E-state index is 0. The van der Waals surface area contributed by atoms with Crippen LogP contribution in [0, 0.1) is 0 Å². The number of hydrogen-bond acceptors (Lipinski definition) is 10. The van der Waals surface area contributed by atoms with Gasteiger partial charge in [-0.2, -0.15) is 0 Å². The number of nitrogens with zero attached hydrogens (tertiary/aromatic N) is 5. The van der Waals surface area contributed by atoms with Crippen LogP contribution < -0.4 is 19.9 Å². The molecule has 0 radical (unpaired) electrons. The molecule has 1 atom stereocenters. The Hall–Kier alpha value is -3.16. The Balaban J connectivity index is 0.00000316. The lowest BCUT2D eigenvalue weighted by Gasteiger charge is -2.36. The Bertz CT molecular complexity index is 1620. The number of amides is 1. The van der Waals surface area contributed by atoms with Crippen LogP contribution in [-0.2, 0) is 16.1 Å². The molecule has 4 aliphatic rings. The van der Waals surface area contributed by atoms with Gasteiger partial charge in [0.2, 0.25) is 6.79 Å². The van der Waals surface area contributed by atoms with Gasteiger partial charge in [0.25, 0.3) is 11.5 Å². The average Bonchev–Trinajstić information content (AvgIpc) is 3.73. The summed E-state index contributed by atoms with van der Waals surface area (Å²) in [6, 6.07) is 11.6. The van der Waals surface area contributed by atoms with Gasteiger partial charge in [-0.15, -0.1) is 12.4 Å². The average molecular weight is 628 g/mol. The van der Waals surface area contributed by atoms with E-state index in [-0.39, 0.29) is 36.8 Å². The number of piperazine rings is 1. The minimum Gasteiger partial charge on any atom is -0.454 e. The van der Waals surface area contributed by atoms with Gasteiger partial charge in [0, 0.05) is 45.5 Å². The van der Waals surface area contributed by atoms with E-state index in [2.05, 4.69) is 15.9 Å². The molecule has 1 amide bonds. The number of fused-ring (bicyclic) bond motifs is 2. The van der Waals surface area contributed by atoms with Crippen molar-refractivity contribution < 1.29 is 19.0 Å².